The minimum absolute atomic E-state index is 0.266. The van der Waals surface area contributed by atoms with Crippen LogP contribution in [0.4, 0.5) is 4.39 Å². The Bertz CT molecular complexity index is 682. The SMILES string of the molecule is NC(=O)c1cc(F)c(Br)c2c1Cc1ccccc1-2. The molecule has 0 radical (unpaired) electrons. The fraction of sp³-hybridized carbons (Fsp3) is 0.0714. The maximum atomic E-state index is 13.8. The second kappa shape index (κ2) is 3.92. The molecule has 3 rings (SSSR count). The summed E-state index contributed by atoms with van der Waals surface area (Å²) in [5, 5.41) is 0. The number of hydrogen-bond donors (Lipinski definition) is 1. The number of nitrogens with two attached hydrogens (primary N) is 1. The van der Waals surface area contributed by atoms with Crippen molar-refractivity contribution in [1.29, 1.82) is 0 Å². The first kappa shape index (κ1) is 11.4. The molecule has 0 fully saturated rings. The summed E-state index contributed by atoms with van der Waals surface area (Å²) in [6.07, 6.45) is 0.614. The zero-order chi connectivity index (χ0) is 12.9. The molecular formula is C14H9BrFNO. The molecule has 0 spiro atoms. The van der Waals surface area contributed by atoms with Crippen LogP contribution in [-0.4, -0.2) is 5.91 Å². The van der Waals surface area contributed by atoms with Gasteiger partial charge in [-0.2, -0.15) is 0 Å². The summed E-state index contributed by atoms with van der Waals surface area (Å²) in [4.78, 5) is 11.4. The Labute approximate surface area is 112 Å². The summed E-state index contributed by atoms with van der Waals surface area (Å²) in [6.45, 7) is 0. The van der Waals surface area contributed by atoms with Gasteiger partial charge in [0, 0.05) is 11.1 Å². The maximum absolute atomic E-state index is 13.8. The largest absolute Gasteiger partial charge is 0.366 e. The fourth-order valence-electron chi connectivity index (χ4n) is 2.46. The summed E-state index contributed by atoms with van der Waals surface area (Å²) >= 11 is 3.26. The van der Waals surface area contributed by atoms with E-state index in [0.717, 1.165) is 22.3 Å². The smallest absolute Gasteiger partial charge is 0.249 e. The van der Waals surface area contributed by atoms with Crippen molar-refractivity contribution in [3.63, 3.8) is 0 Å². The lowest BCUT2D eigenvalue weighted by atomic mass is 10.0. The van der Waals surface area contributed by atoms with E-state index >= 15 is 0 Å². The molecule has 0 aliphatic heterocycles. The quantitative estimate of drug-likeness (QED) is 0.737. The van der Waals surface area contributed by atoms with Crippen molar-refractivity contribution in [3.05, 3.63) is 57.3 Å². The lowest BCUT2D eigenvalue weighted by Crippen LogP contribution is -2.14. The van der Waals surface area contributed by atoms with Gasteiger partial charge >= 0.3 is 0 Å². The Morgan fingerprint density at radius 2 is 2.06 bits per heavy atom. The Hall–Kier alpha value is -1.68. The molecule has 2 aromatic rings. The second-order valence-corrected chi connectivity index (χ2v) is 5.06. The zero-order valence-corrected chi connectivity index (χ0v) is 10.9. The highest BCUT2D eigenvalue weighted by Crippen LogP contribution is 2.43. The van der Waals surface area contributed by atoms with Gasteiger partial charge in [-0.3, -0.25) is 4.79 Å². The van der Waals surface area contributed by atoms with Gasteiger partial charge in [0.25, 0.3) is 0 Å². The van der Waals surface area contributed by atoms with E-state index in [1.807, 2.05) is 24.3 Å². The standard InChI is InChI=1S/C14H9BrFNO/c15-13-11(16)6-10(14(17)18)9-5-7-3-1-2-4-8(7)12(9)13/h1-4,6H,5H2,(H2,17,18). The van der Waals surface area contributed by atoms with Gasteiger partial charge in [0.2, 0.25) is 5.91 Å². The molecule has 2 N–H and O–H groups in total. The molecule has 1 aliphatic carbocycles. The molecule has 0 saturated heterocycles. The first-order valence-electron chi connectivity index (χ1n) is 5.48. The van der Waals surface area contributed by atoms with Gasteiger partial charge in [-0.15, -0.1) is 0 Å². The summed E-state index contributed by atoms with van der Waals surface area (Å²) < 4.78 is 14.2. The van der Waals surface area contributed by atoms with Gasteiger partial charge in [-0.05, 0) is 45.1 Å². The van der Waals surface area contributed by atoms with Gasteiger partial charge < -0.3 is 5.73 Å². The van der Waals surface area contributed by atoms with E-state index in [0.29, 0.717) is 10.9 Å². The fourth-order valence-corrected chi connectivity index (χ4v) is 3.02. The first-order chi connectivity index (χ1) is 8.59. The molecule has 4 heteroatoms. The molecule has 2 nitrogen and oxygen atoms in total. The normalized spacial score (nSPS) is 12.1. The van der Waals surface area contributed by atoms with Gasteiger partial charge in [0.05, 0.1) is 4.47 Å². The molecule has 1 aliphatic rings. The van der Waals surface area contributed by atoms with E-state index in [1.165, 1.54) is 6.07 Å². The minimum atomic E-state index is -0.592. The predicted octanol–water partition coefficient (Wildman–Crippen LogP) is 3.26. The number of hydrogen-bond acceptors (Lipinski definition) is 1. The number of halogens is 2. The first-order valence-corrected chi connectivity index (χ1v) is 6.28. The molecule has 0 saturated carbocycles. The van der Waals surface area contributed by atoms with Crippen molar-refractivity contribution in [2.24, 2.45) is 5.73 Å². The van der Waals surface area contributed by atoms with E-state index in [9.17, 15) is 9.18 Å². The summed E-state index contributed by atoms with van der Waals surface area (Å²) in [5.74, 6) is -1.05. The Kier molecular flexibility index (Phi) is 2.48. The lowest BCUT2D eigenvalue weighted by molar-refractivity contribution is 0.0999. The van der Waals surface area contributed by atoms with Crippen molar-refractivity contribution in [2.75, 3.05) is 0 Å². The topological polar surface area (TPSA) is 43.1 Å². The number of primary amides is 1. The van der Waals surface area contributed by atoms with Crippen LogP contribution >= 0.6 is 15.9 Å². The highest BCUT2D eigenvalue weighted by molar-refractivity contribution is 9.10. The Morgan fingerprint density at radius 3 is 2.78 bits per heavy atom. The molecule has 0 bridgehead atoms. The monoisotopic (exact) mass is 305 g/mol. The van der Waals surface area contributed by atoms with Crippen molar-refractivity contribution >= 4 is 21.8 Å². The van der Waals surface area contributed by atoms with Crippen LogP contribution in [0.25, 0.3) is 11.1 Å². The predicted molar refractivity (Wildman–Crippen MR) is 70.9 cm³/mol. The molecule has 0 atom stereocenters. The molecule has 0 heterocycles. The van der Waals surface area contributed by atoms with Gasteiger partial charge in [0.15, 0.2) is 0 Å². The average Bonchev–Trinajstić information content (AvgIpc) is 2.72. The van der Waals surface area contributed by atoms with Gasteiger partial charge in [-0.1, -0.05) is 24.3 Å². The van der Waals surface area contributed by atoms with Crippen LogP contribution in [0.3, 0.4) is 0 Å². The van der Waals surface area contributed by atoms with Crippen LogP contribution < -0.4 is 5.73 Å². The van der Waals surface area contributed by atoms with Gasteiger partial charge in [0.1, 0.15) is 5.82 Å². The van der Waals surface area contributed by atoms with Crippen LogP contribution in [0.1, 0.15) is 21.5 Å². The molecule has 90 valence electrons. The lowest BCUT2D eigenvalue weighted by Gasteiger charge is -2.09. The van der Waals surface area contributed by atoms with E-state index in [1.54, 1.807) is 0 Å². The van der Waals surface area contributed by atoms with Crippen LogP contribution in [-0.2, 0) is 6.42 Å². The second-order valence-electron chi connectivity index (χ2n) is 4.27. The number of rotatable bonds is 1. The van der Waals surface area contributed by atoms with Crippen molar-refractivity contribution in [3.8, 4) is 11.1 Å². The number of benzene rings is 2. The number of carbonyl (C=O) groups is 1. The van der Waals surface area contributed by atoms with E-state index in [-0.39, 0.29) is 5.56 Å². The number of fused-ring (bicyclic) bond motifs is 3. The number of carbonyl (C=O) groups excluding carboxylic acids is 1. The zero-order valence-electron chi connectivity index (χ0n) is 9.34. The summed E-state index contributed by atoms with van der Waals surface area (Å²) in [6, 6.07) is 8.94. The van der Waals surface area contributed by atoms with Crippen molar-refractivity contribution in [2.45, 2.75) is 6.42 Å². The van der Waals surface area contributed by atoms with Crippen LogP contribution in [0.15, 0.2) is 34.8 Å². The molecule has 18 heavy (non-hydrogen) atoms. The third-order valence-electron chi connectivity index (χ3n) is 3.25. The van der Waals surface area contributed by atoms with Crippen molar-refractivity contribution < 1.29 is 9.18 Å². The molecule has 0 aromatic heterocycles. The molecule has 0 unspecified atom stereocenters. The number of amides is 1. The van der Waals surface area contributed by atoms with Crippen molar-refractivity contribution in [1.82, 2.24) is 0 Å². The minimum Gasteiger partial charge on any atom is -0.366 e. The summed E-state index contributed by atoms with van der Waals surface area (Å²) in [5.41, 5.74) is 9.18. The maximum Gasteiger partial charge on any atom is 0.249 e. The van der Waals surface area contributed by atoms with Crippen LogP contribution in [0.2, 0.25) is 0 Å². The molecule has 1 amide bonds. The highest BCUT2D eigenvalue weighted by atomic mass is 79.9. The van der Waals surface area contributed by atoms with E-state index in [4.69, 9.17) is 5.73 Å². The summed E-state index contributed by atoms with van der Waals surface area (Å²) in [7, 11) is 0. The third kappa shape index (κ3) is 1.49. The third-order valence-corrected chi connectivity index (χ3v) is 4.02. The van der Waals surface area contributed by atoms with E-state index < -0.39 is 11.7 Å². The average molecular weight is 306 g/mol. The molecular weight excluding hydrogens is 297 g/mol. The van der Waals surface area contributed by atoms with Gasteiger partial charge in [-0.25, -0.2) is 4.39 Å². The Balaban J connectivity index is 2.38. The van der Waals surface area contributed by atoms with E-state index in [2.05, 4.69) is 15.9 Å². The Morgan fingerprint density at radius 1 is 1.33 bits per heavy atom. The van der Waals surface area contributed by atoms with Crippen LogP contribution in [0.5, 0.6) is 0 Å². The van der Waals surface area contributed by atoms with Crippen LogP contribution in [0, 0.1) is 5.82 Å². The highest BCUT2D eigenvalue weighted by Gasteiger charge is 2.27. The molecule has 2 aromatic carbocycles.